The summed E-state index contributed by atoms with van der Waals surface area (Å²) in [5.41, 5.74) is 8.92. The van der Waals surface area contributed by atoms with Gasteiger partial charge in [-0.1, -0.05) is 0 Å². The molecule has 0 bridgehead atoms. The first kappa shape index (κ1) is 12.6. The van der Waals surface area contributed by atoms with Crippen molar-refractivity contribution in [1.82, 2.24) is 4.98 Å². The molecule has 96 valence electrons. The quantitative estimate of drug-likeness (QED) is 0.904. The second-order valence-electron chi connectivity index (χ2n) is 4.49. The van der Waals surface area contributed by atoms with Crippen LogP contribution in [-0.2, 0) is 0 Å². The Morgan fingerprint density at radius 1 is 1.28 bits per heavy atom. The molecule has 0 amide bonds. The van der Waals surface area contributed by atoms with Gasteiger partial charge in [-0.2, -0.15) is 0 Å². The number of benzene rings is 1. The van der Waals surface area contributed by atoms with Crippen molar-refractivity contribution in [2.24, 2.45) is 5.73 Å². The fourth-order valence-electron chi connectivity index (χ4n) is 1.90. The molecular formula is C14H18N2O2. The van der Waals surface area contributed by atoms with E-state index in [2.05, 4.69) is 4.98 Å². The van der Waals surface area contributed by atoms with Gasteiger partial charge in [0.2, 0.25) is 5.89 Å². The SMILES string of the molecule is COc1cc(C)c(-c2cnc(C(C)N)o2)cc1C. The average Bonchev–Trinajstić information content (AvgIpc) is 2.81. The molecule has 1 aromatic heterocycles. The third-order valence-corrected chi connectivity index (χ3v) is 2.92. The normalized spacial score (nSPS) is 12.5. The van der Waals surface area contributed by atoms with E-state index in [1.165, 1.54) is 0 Å². The lowest BCUT2D eigenvalue weighted by Crippen LogP contribution is -2.04. The molecule has 1 unspecified atom stereocenters. The maximum Gasteiger partial charge on any atom is 0.211 e. The summed E-state index contributed by atoms with van der Waals surface area (Å²) in [6.07, 6.45) is 1.72. The molecule has 2 rings (SSSR count). The largest absolute Gasteiger partial charge is 0.496 e. The number of aromatic nitrogens is 1. The molecule has 1 atom stereocenters. The summed E-state index contributed by atoms with van der Waals surface area (Å²) in [5.74, 6) is 2.17. The fraction of sp³-hybridized carbons (Fsp3) is 0.357. The first-order valence-electron chi connectivity index (χ1n) is 5.90. The van der Waals surface area contributed by atoms with Crippen LogP contribution in [0, 0.1) is 13.8 Å². The summed E-state index contributed by atoms with van der Waals surface area (Å²) in [4.78, 5) is 4.18. The standard InChI is InChI=1S/C14H18N2O2/c1-8-6-12(17-4)9(2)5-11(8)13-7-16-14(18-13)10(3)15/h5-7,10H,15H2,1-4H3. The molecule has 4 nitrogen and oxygen atoms in total. The third kappa shape index (κ3) is 2.24. The monoisotopic (exact) mass is 246 g/mol. The lowest BCUT2D eigenvalue weighted by molar-refractivity contribution is 0.411. The number of hydrogen-bond donors (Lipinski definition) is 1. The molecule has 0 saturated carbocycles. The number of oxazole rings is 1. The highest BCUT2D eigenvalue weighted by Gasteiger charge is 2.13. The van der Waals surface area contributed by atoms with Gasteiger partial charge in [-0.15, -0.1) is 0 Å². The molecule has 0 spiro atoms. The van der Waals surface area contributed by atoms with Gasteiger partial charge in [0.15, 0.2) is 5.76 Å². The summed E-state index contributed by atoms with van der Waals surface area (Å²) in [6.45, 7) is 5.87. The zero-order chi connectivity index (χ0) is 13.3. The van der Waals surface area contributed by atoms with Gasteiger partial charge in [0.25, 0.3) is 0 Å². The Bertz CT molecular complexity index is 559. The van der Waals surface area contributed by atoms with Gasteiger partial charge in [-0.05, 0) is 44.0 Å². The zero-order valence-electron chi connectivity index (χ0n) is 11.2. The van der Waals surface area contributed by atoms with Crippen molar-refractivity contribution in [2.45, 2.75) is 26.8 Å². The highest BCUT2D eigenvalue weighted by atomic mass is 16.5. The molecule has 0 aliphatic carbocycles. The van der Waals surface area contributed by atoms with Crippen molar-refractivity contribution >= 4 is 0 Å². The Hall–Kier alpha value is -1.81. The van der Waals surface area contributed by atoms with Gasteiger partial charge in [0.1, 0.15) is 5.75 Å². The molecule has 0 saturated heterocycles. The number of hydrogen-bond acceptors (Lipinski definition) is 4. The average molecular weight is 246 g/mol. The van der Waals surface area contributed by atoms with E-state index in [0.717, 1.165) is 28.2 Å². The first-order valence-corrected chi connectivity index (χ1v) is 5.90. The van der Waals surface area contributed by atoms with Crippen LogP contribution in [0.25, 0.3) is 11.3 Å². The van der Waals surface area contributed by atoms with Crippen molar-refractivity contribution in [1.29, 1.82) is 0 Å². The molecule has 0 aliphatic heterocycles. The van der Waals surface area contributed by atoms with Crippen LogP contribution in [0.3, 0.4) is 0 Å². The van der Waals surface area contributed by atoms with Gasteiger partial charge in [-0.25, -0.2) is 4.98 Å². The Morgan fingerprint density at radius 3 is 2.56 bits per heavy atom. The number of nitrogens with zero attached hydrogens (tertiary/aromatic N) is 1. The van der Waals surface area contributed by atoms with Crippen LogP contribution in [0.2, 0.25) is 0 Å². The predicted molar refractivity (Wildman–Crippen MR) is 70.6 cm³/mol. The van der Waals surface area contributed by atoms with Crippen molar-refractivity contribution in [3.63, 3.8) is 0 Å². The van der Waals surface area contributed by atoms with E-state index in [1.54, 1.807) is 13.3 Å². The molecule has 1 aromatic carbocycles. The smallest absolute Gasteiger partial charge is 0.211 e. The number of methoxy groups -OCH3 is 1. The van der Waals surface area contributed by atoms with E-state index in [-0.39, 0.29) is 6.04 Å². The summed E-state index contributed by atoms with van der Waals surface area (Å²) < 4.78 is 11.0. The second kappa shape index (κ2) is 4.82. The minimum absolute atomic E-state index is 0.196. The van der Waals surface area contributed by atoms with Crippen LogP contribution >= 0.6 is 0 Å². The number of aryl methyl sites for hydroxylation is 2. The Morgan fingerprint density at radius 2 is 2.00 bits per heavy atom. The van der Waals surface area contributed by atoms with Crippen molar-refractivity contribution in [3.05, 3.63) is 35.3 Å². The molecule has 1 heterocycles. The van der Waals surface area contributed by atoms with Crippen molar-refractivity contribution in [3.8, 4) is 17.1 Å². The van der Waals surface area contributed by atoms with E-state index in [9.17, 15) is 0 Å². The van der Waals surface area contributed by atoms with Gasteiger partial charge in [-0.3, -0.25) is 0 Å². The van der Waals surface area contributed by atoms with Crippen molar-refractivity contribution in [2.75, 3.05) is 7.11 Å². The topological polar surface area (TPSA) is 61.3 Å². The van der Waals surface area contributed by atoms with Crippen LogP contribution in [0.15, 0.2) is 22.7 Å². The van der Waals surface area contributed by atoms with Gasteiger partial charge in [0, 0.05) is 5.56 Å². The number of ether oxygens (including phenoxy) is 1. The Balaban J connectivity index is 2.46. The molecule has 0 fully saturated rings. The molecule has 0 radical (unpaired) electrons. The minimum Gasteiger partial charge on any atom is -0.496 e. The summed E-state index contributed by atoms with van der Waals surface area (Å²) in [5, 5.41) is 0. The molecule has 2 N–H and O–H groups in total. The summed E-state index contributed by atoms with van der Waals surface area (Å²) in [6, 6.07) is 3.84. The van der Waals surface area contributed by atoms with Crippen LogP contribution in [0.5, 0.6) is 5.75 Å². The number of nitrogens with two attached hydrogens (primary N) is 1. The maximum absolute atomic E-state index is 5.74. The van der Waals surface area contributed by atoms with Crippen LogP contribution in [0.1, 0.15) is 30.0 Å². The third-order valence-electron chi connectivity index (χ3n) is 2.92. The van der Waals surface area contributed by atoms with Crippen molar-refractivity contribution < 1.29 is 9.15 Å². The van der Waals surface area contributed by atoms with Gasteiger partial charge in [0.05, 0.1) is 19.3 Å². The predicted octanol–water partition coefficient (Wildman–Crippen LogP) is 2.99. The Kier molecular flexibility index (Phi) is 3.39. The van der Waals surface area contributed by atoms with Gasteiger partial charge < -0.3 is 14.9 Å². The van der Waals surface area contributed by atoms with E-state index >= 15 is 0 Å². The Labute approximate surface area is 107 Å². The van der Waals surface area contributed by atoms with E-state index < -0.39 is 0 Å². The fourth-order valence-corrected chi connectivity index (χ4v) is 1.90. The van der Waals surface area contributed by atoms with Crippen LogP contribution in [0.4, 0.5) is 0 Å². The maximum atomic E-state index is 5.74. The molecule has 2 aromatic rings. The number of rotatable bonds is 3. The lowest BCUT2D eigenvalue weighted by atomic mass is 10.0. The van der Waals surface area contributed by atoms with Crippen LogP contribution in [-0.4, -0.2) is 12.1 Å². The molecule has 4 heteroatoms. The molecule has 18 heavy (non-hydrogen) atoms. The lowest BCUT2D eigenvalue weighted by Gasteiger charge is -2.09. The first-order chi connectivity index (χ1) is 8.52. The molecular weight excluding hydrogens is 228 g/mol. The summed E-state index contributed by atoms with van der Waals surface area (Å²) in [7, 11) is 1.67. The minimum atomic E-state index is -0.196. The highest BCUT2D eigenvalue weighted by Crippen LogP contribution is 2.31. The van der Waals surface area contributed by atoms with E-state index in [4.69, 9.17) is 14.9 Å². The highest BCUT2D eigenvalue weighted by molar-refractivity contribution is 5.64. The zero-order valence-corrected chi connectivity index (χ0v) is 11.2. The van der Waals surface area contributed by atoms with E-state index in [1.807, 2.05) is 32.9 Å². The van der Waals surface area contributed by atoms with Gasteiger partial charge >= 0.3 is 0 Å². The second-order valence-corrected chi connectivity index (χ2v) is 4.49. The van der Waals surface area contributed by atoms with E-state index in [0.29, 0.717) is 5.89 Å². The summed E-state index contributed by atoms with van der Waals surface area (Å²) >= 11 is 0. The molecule has 0 aliphatic rings. The van der Waals surface area contributed by atoms with Crippen LogP contribution < -0.4 is 10.5 Å².